The van der Waals surface area contributed by atoms with Crippen LogP contribution < -0.4 is 5.32 Å². The normalized spacial score (nSPS) is 14.1. The van der Waals surface area contributed by atoms with E-state index in [0.29, 0.717) is 42.9 Å². The first kappa shape index (κ1) is 25.8. The molecule has 1 N–H and O–H groups in total. The van der Waals surface area contributed by atoms with Gasteiger partial charge < -0.3 is 15.0 Å². The highest BCUT2D eigenvalue weighted by molar-refractivity contribution is 7.10. The first-order valence-electron chi connectivity index (χ1n) is 11.5. The van der Waals surface area contributed by atoms with E-state index >= 15 is 0 Å². The van der Waals surface area contributed by atoms with Gasteiger partial charge >= 0.3 is 5.97 Å². The second-order valence-corrected chi connectivity index (χ2v) is 10.0. The van der Waals surface area contributed by atoms with Crippen LogP contribution in [0.2, 0.25) is 5.02 Å². The molecule has 1 saturated heterocycles. The number of carbonyl (C=O) groups excluding carboxylic acids is 3. The number of thiazole rings is 1. The molecule has 1 aromatic heterocycles. The van der Waals surface area contributed by atoms with Crippen molar-refractivity contribution in [2.75, 3.05) is 18.4 Å². The lowest BCUT2D eigenvalue weighted by Crippen LogP contribution is -2.38. The largest absolute Gasteiger partial charge is 0.459 e. The summed E-state index contributed by atoms with van der Waals surface area (Å²) in [6.07, 6.45) is 1.09. The van der Waals surface area contributed by atoms with Crippen molar-refractivity contribution in [1.82, 2.24) is 9.88 Å². The molecule has 1 aliphatic rings. The van der Waals surface area contributed by atoms with Crippen molar-refractivity contribution in [2.45, 2.75) is 38.7 Å². The van der Waals surface area contributed by atoms with Crippen molar-refractivity contribution >= 4 is 46.4 Å². The molecule has 0 bridgehead atoms. The summed E-state index contributed by atoms with van der Waals surface area (Å²) in [5.41, 5.74) is 1.14. The Hall–Kier alpha value is -3.30. The van der Waals surface area contributed by atoms with E-state index in [0.717, 1.165) is 5.01 Å². The van der Waals surface area contributed by atoms with Gasteiger partial charge in [-0.15, -0.1) is 11.3 Å². The number of halogens is 2. The molecule has 2 heterocycles. The van der Waals surface area contributed by atoms with Gasteiger partial charge in [0.25, 0.3) is 11.8 Å². The number of rotatable bonds is 6. The summed E-state index contributed by atoms with van der Waals surface area (Å²) in [4.78, 5) is 43.5. The zero-order valence-corrected chi connectivity index (χ0v) is 21.4. The Balaban J connectivity index is 1.33. The number of piperidine rings is 1. The summed E-state index contributed by atoms with van der Waals surface area (Å²) in [6.45, 7) is 4.44. The fourth-order valence-electron chi connectivity index (χ4n) is 3.94. The zero-order chi connectivity index (χ0) is 25.8. The van der Waals surface area contributed by atoms with Crippen molar-refractivity contribution in [3.05, 3.63) is 80.5 Å². The van der Waals surface area contributed by atoms with Crippen LogP contribution in [-0.4, -0.2) is 46.9 Å². The Bertz CT molecular complexity index is 1250. The fourth-order valence-corrected chi connectivity index (χ4v) is 5.15. The van der Waals surface area contributed by atoms with Gasteiger partial charge in [0.05, 0.1) is 27.3 Å². The van der Waals surface area contributed by atoms with Crippen LogP contribution in [0.15, 0.2) is 47.8 Å². The number of aromatic nitrogens is 1. The van der Waals surface area contributed by atoms with Crippen LogP contribution in [0.1, 0.15) is 68.8 Å². The monoisotopic (exact) mass is 529 g/mol. The van der Waals surface area contributed by atoms with Gasteiger partial charge in [-0.1, -0.05) is 17.7 Å². The van der Waals surface area contributed by atoms with E-state index in [2.05, 4.69) is 10.3 Å². The Labute approximate surface area is 217 Å². The zero-order valence-electron chi connectivity index (χ0n) is 19.8. The third-order valence-electron chi connectivity index (χ3n) is 5.78. The Morgan fingerprint density at radius 3 is 2.47 bits per heavy atom. The lowest BCUT2D eigenvalue weighted by molar-refractivity contribution is 0.0377. The van der Waals surface area contributed by atoms with E-state index in [9.17, 15) is 18.8 Å². The van der Waals surface area contributed by atoms with Crippen LogP contribution in [0, 0.1) is 5.82 Å². The summed E-state index contributed by atoms with van der Waals surface area (Å²) in [5.74, 6) is -1.72. The fraction of sp³-hybridized carbons (Fsp3) is 0.308. The SMILES string of the molecule is CC(C)OC(=O)c1ccc(NC(=O)c2csc(C3CCN(C(=O)c4c(F)cccc4Cl)CC3)n2)cc1. The van der Waals surface area contributed by atoms with Gasteiger partial charge in [-0.3, -0.25) is 9.59 Å². The molecule has 36 heavy (non-hydrogen) atoms. The van der Waals surface area contributed by atoms with Crippen LogP contribution >= 0.6 is 22.9 Å². The summed E-state index contributed by atoms with van der Waals surface area (Å²) in [7, 11) is 0. The van der Waals surface area contributed by atoms with E-state index in [4.69, 9.17) is 16.3 Å². The highest BCUT2D eigenvalue weighted by Crippen LogP contribution is 2.32. The number of hydrogen-bond acceptors (Lipinski definition) is 6. The number of nitrogens with one attached hydrogen (secondary N) is 1. The van der Waals surface area contributed by atoms with Crippen LogP contribution in [0.25, 0.3) is 0 Å². The maximum absolute atomic E-state index is 14.1. The highest BCUT2D eigenvalue weighted by Gasteiger charge is 2.29. The van der Waals surface area contributed by atoms with Crippen molar-refractivity contribution in [2.24, 2.45) is 0 Å². The van der Waals surface area contributed by atoms with Crippen molar-refractivity contribution in [1.29, 1.82) is 0 Å². The number of hydrogen-bond donors (Lipinski definition) is 1. The molecule has 10 heteroatoms. The van der Waals surface area contributed by atoms with Gasteiger partial charge in [-0.25, -0.2) is 14.2 Å². The molecule has 7 nitrogen and oxygen atoms in total. The topological polar surface area (TPSA) is 88.6 Å². The minimum Gasteiger partial charge on any atom is -0.459 e. The number of likely N-dealkylation sites (tertiary alicyclic amines) is 1. The second kappa shape index (κ2) is 11.2. The van der Waals surface area contributed by atoms with Gasteiger partial charge in [-0.05, 0) is 63.1 Å². The molecule has 0 aliphatic carbocycles. The first-order chi connectivity index (χ1) is 17.2. The van der Waals surface area contributed by atoms with Gasteiger partial charge in [0.2, 0.25) is 0 Å². The van der Waals surface area contributed by atoms with Crippen LogP contribution in [0.5, 0.6) is 0 Å². The molecule has 0 spiro atoms. The highest BCUT2D eigenvalue weighted by atomic mass is 35.5. The Kier molecular flexibility index (Phi) is 8.01. The van der Waals surface area contributed by atoms with Gasteiger partial charge in [-0.2, -0.15) is 0 Å². The molecular formula is C26H25ClFN3O4S. The molecule has 0 unspecified atom stereocenters. The van der Waals surface area contributed by atoms with Crippen LogP contribution in [0.3, 0.4) is 0 Å². The molecule has 1 aliphatic heterocycles. The average molecular weight is 530 g/mol. The van der Waals surface area contributed by atoms with Crippen molar-refractivity contribution in [3.8, 4) is 0 Å². The third kappa shape index (κ3) is 5.91. The minimum absolute atomic E-state index is 0.0998. The second-order valence-electron chi connectivity index (χ2n) is 8.72. The van der Waals surface area contributed by atoms with E-state index in [1.165, 1.54) is 29.5 Å². The van der Waals surface area contributed by atoms with Crippen molar-refractivity contribution < 1.29 is 23.5 Å². The quantitative estimate of drug-likeness (QED) is 0.409. The third-order valence-corrected chi connectivity index (χ3v) is 7.11. The molecule has 3 aromatic rings. The van der Waals surface area contributed by atoms with Gasteiger partial charge in [0.1, 0.15) is 11.5 Å². The predicted molar refractivity (Wildman–Crippen MR) is 136 cm³/mol. The van der Waals surface area contributed by atoms with E-state index in [-0.39, 0.29) is 28.5 Å². The molecule has 0 radical (unpaired) electrons. The lowest BCUT2D eigenvalue weighted by Gasteiger charge is -2.31. The molecule has 4 rings (SSSR count). The summed E-state index contributed by atoms with van der Waals surface area (Å²) in [5, 5.41) is 5.41. The predicted octanol–water partition coefficient (Wildman–Crippen LogP) is 5.77. The molecule has 0 atom stereocenters. The van der Waals surface area contributed by atoms with E-state index < -0.39 is 17.7 Å². The number of esters is 1. The maximum atomic E-state index is 14.1. The van der Waals surface area contributed by atoms with Gasteiger partial charge in [0, 0.05) is 30.1 Å². The number of anilines is 1. The molecular weight excluding hydrogens is 505 g/mol. The standard InChI is InChI=1S/C26H25ClFN3O4S/c1-15(2)35-26(34)17-6-8-18(9-7-17)29-23(32)21-14-36-24(30-21)16-10-12-31(13-11-16)25(33)22-19(27)4-3-5-20(22)28/h3-9,14-16H,10-13H2,1-2H3,(H,29,32). The minimum atomic E-state index is -0.629. The molecule has 2 aromatic carbocycles. The van der Waals surface area contributed by atoms with E-state index in [1.54, 1.807) is 48.4 Å². The Morgan fingerprint density at radius 2 is 1.83 bits per heavy atom. The molecule has 0 saturated carbocycles. The molecule has 2 amide bonds. The average Bonchev–Trinajstić information content (AvgIpc) is 3.34. The number of ether oxygens (including phenoxy) is 1. The van der Waals surface area contributed by atoms with E-state index in [1.807, 2.05) is 0 Å². The number of carbonyl (C=O) groups is 3. The van der Waals surface area contributed by atoms with Crippen LogP contribution in [0.4, 0.5) is 10.1 Å². The van der Waals surface area contributed by atoms with Gasteiger partial charge in [0.15, 0.2) is 0 Å². The maximum Gasteiger partial charge on any atom is 0.338 e. The summed E-state index contributed by atoms with van der Waals surface area (Å²) < 4.78 is 19.3. The van der Waals surface area contributed by atoms with Crippen LogP contribution in [-0.2, 0) is 4.74 Å². The van der Waals surface area contributed by atoms with Crippen molar-refractivity contribution in [3.63, 3.8) is 0 Å². The smallest absolute Gasteiger partial charge is 0.338 e. The number of benzene rings is 2. The lowest BCUT2D eigenvalue weighted by atomic mass is 9.97. The molecule has 1 fully saturated rings. The summed E-state index contributed by atoms with van der Waals surface area (Å²) in [6, 6.07) is 10.7. The number of nitrogens with zero attached hydrogens (tertiary/aromatic N) is 2. The summed E-state index contributed by atoms with van der Waals surface area (Å²) >= 11 is 7.44. The Morgan fingerprint density at radius 1 is 1.14 bits per heavy atom. The number of amides is 2. The first-order valence-corrected chi connectivity index (χ1v) is 12.8. The molecule has 188 valence electrons.